The number of nitrogens with one attached hydrogen (secondary N) is 1. The highest BCUT2D eigenvalue weighted by Crippen LogP contribution is 2.34. The largest absolute Gasteiger partial charge is 0.378 e. The quantitative estimate of drug-likeness (QED) is 0.867. The fourth-order valence-electron chi connectivity index (χ4n) is 3.50. The molecule has 1 unspecified atom stereocenters. The van der Waals surface area contributed by atoms with E-state index in [1.54, 1.807) is 23.7 Å². The topological polar surface area (TPSA) is 67.4 Å². The van der Waals surface area contributed by atoms with Crippen LogP contribution in [0.5, 0.6) is 0 Å². The van der Waals surface area contributed by atoms with Crippen molar-refractivity contribution in [2.24, 2.45) is 5.92 Å². The fraction of sp³-hybridized carbons (Fsp3) is 0.526. The van der Waals surface area contributed by atoms with Crippen LogP contribution < -0.4 is 10.2 Å². The normalized spacial score (nSPS) is 19.8. The molecular formula is C19H24N4O2S. The molecular weight excluding hydrogens is 348 g/mol. The van der Waals surface area contributed by atoms with E-state index in [0.29, 0.717) is 6.54 Å². The Kier molecular flexibility index (Phi) is 5.45. The molecule has 0 radical (unpaired) electrons. The Morgan fingerprint density at radius 2 is 2.12 bits per heavy atom. The van der Waals surface area contributed by atoms with E-state index in [1.165, 1.54) is 10.4 Å². The first-order valence-electron chi connectivity index (χ1n) is 9.27. The summed E-state index contributed by atoms with van der Waals surface area (Å²) < 4.78 is 5.42. The molecule has 0 saturated carbocycles. The summed E-state index contributed by atoms with van der Waals surface area (Å²) in [6.45, 7) is 4.03. The first kappa shape index (κ1) is 17.4. The number of carbonyl (C=O) groups excluding carboxylic acids is 1. The molecule has 1 amide bonds. The second kappa shape index (κ2) is 8.14. The Balaban J connectivity index is 1.31. The van der Waals surface area contributed by atoms with E-state index < -0.39 is 0 Å². The van der Waals surface area contributed by atoms with Gasteiger partial charge in [-0.25, -0.2) is 4.98 Å². The van der Waals surface area contributed by atoms with Crippen LogP contribution >= 0.6 is 11.3 Å². The van der Waals surface area contributed by atoms with E-state index in [0.717, 1.165) is 62.8 Å². The van der Waals surface area contributed by atoms with Crippen LogP contribution in [0.1, 0.15) is 22.6 Å². The third-order valence-electron chi connectivity index (χ3n) is 5.04. The molecule has 0 bridgehead atoms. The van der Waals surface area contributed by atoms with Crippen molar-refractivity contribution in [1.82, 2.24) is 15.3 Å². The highest BCUT2D eigenvalue weighted by molar-refractivity contribution is 7.15. The molecule has 1 aliphatic carbocycles. The lowest BCUT2D eigenvalue weighted by atomic mass is 9.90. The summed E-state index contributed by atoms with van der Waals surface area (Å²) >= 11 is 1.79. The third-order valence-corrected chi connectivity index (χ3v) is 6.26. The second-order valence-electron chi connectivity index (χ2n) is 6.80. The van der Waals surface area contributed by atoms with Crippen LogP contribution in [0.25, 0.3) is 0 Å². The number of pyridine rings is 1. The predicted octanol–water partition coefficient (Wildman–Crippen LogP) is 1.84. The molecule has 2 aromatic heterocycles. The van der Waals surface area contributed by atoms with E-state index in [4.69, 9.17) is 9.72 Å². The van der Waals surface area contributed by atoms with Gasteiger partial charge in [0, 0.05) is 49.2 Å². The lowest BCUT2D eigenvalue weighted by molar-refractivity contribution is -0.125. The molecule has 1 aliphatic heterocycles. The van der Waals surface area contributed by atoms with Gasteiger partial charge < -0.3 is 15.0 Å². The van der Waals surface area contributed by atoms with Gasteiger partial charge in [0.15, 0.2) is 5.13 Å². The minimum Gasteiger partial charge on any atom is -0.378 e. The zero-order valence-electron chi connectivity index (χ0n) is 14.8. The fourth-order valence-corrected chi connectivity index (χ4v) is 4.66. The number of amides is 1. The molecule has 7 heteroatoms. The van der Waals surface area contributed by atoms with Crippen molar-refractivity contribution in [3.8, 4) is 0 Å². The minimum atomic E-state index is 0.0413. The first-order valence-corrected chi connectivity index (χ1v) is 10.1. The minimum absolute atomic E-state index is 0.0413. The monoisotopic (exact) mass is 372 g/mol. The van der Waals surface area contributed by atoms with Gasteiger partial charge in [0.05, 0.1) is 18.9 Å². The molecule has 1 saturated heterocycles. The van der Waals surface area contributed by atoms with Gasteiger partial charge in [-0.15, -0.1) is 11.3 Å². The maximum absolute atomic E-state index is 12.5. The molecule has 138 valence electrons. The smallest absolute Gasteiger partial charge is 0.223 e. The average Bonchev–Trinajstić information content (AvgIpc) is 3.13. The Bertz CT molecular complexity index is 743. The summed E-state index contributed by atoms with van der Waals surface area (Å²) in [6.07, 6.45) is 7.04. The predicted molar refractivity (Wildman–Crippen MR) is 102 cm³/mol. The second-order valence-corrected chi connectivity index (χ2v) is 7.86. The van der Waals surface area contributed by atoms with Crippen LogP contribution in [0.2, 0.25) is 0 Å². The van der Waals surface area contributed by atoms with Gasteiger partial charge in [0.1, 0.15) is 0 Å². The highest BCUT2D eigenvalue weighted by atomic mass is 32.1. The average molecular weight is 372 g/mol. The number of hydrogen-bond acceptors (Lipinski definition) is 6. The zero-order valence-corrected chi connectivity index (χ0v) is 15.6. The third kappa shape index (κ3) is 4.04. The van der Waals surface area contributed by atoms with Crippen LogP contribution in [0, 0.1) is 5.92 Å². The summed E-state index contributed by atoms with van der Waals surface area (Å²) in [4.78, 5) is 25.0. The van der Waals surface area contributed by atoms with Gasteiger partial charge in [0.25, 0.3) is 0 Å². The molecule has 4 rings (SSSR count). The van der Waals surface area contributed by atoms with Gasteiger partial charge in [-0.1, -0.05) is 0 Å². The number of ether oxygens (including phenoxy) is 1. The highest BCUT2D eigenvalue weighted by Gasteiger charge is 2.28. The van der Waals surface area contributed by atoms with Gasteiger partial charge in [0.2, 0.25) is 5.91 Å². The van der Waals surface area contributed by atoms with Crippen molar-refractivity contribution in [1.29, 1.82) is 0 Å². The first-order chi connectivity index (χ1) is 12.8. The molecule has 1 N–H and O–H groups in total. The van der Waals surface area contributed by atoms with Crippen molar-refractivity contribution in [3.63, 3.8) is 0 Å². The Labute approximate surface area is 157 Å². The van der Waals surface area contributed by atoms with E-state index in [9.17, 15) is 4.79 Å². The van der Waals surface area contributed by atoms with E-state index in [2.05, 4.69) is 15.2 Å². The van der Waals surface area contributed by atoms with Crippen LogP contribution in [0.4, 0.5) is 5.13 Å². The number of morpholine rings is 1. The maximum Gasteiger partial charge on any atom is 0.223 e. The summed E-state index contributed by atoms with van der Waals surface area (Å²) in [5, 5.41) is 4.19. The zero-order chi connectivity index (χ0) is 17.8. The lowest BCUT2D eigenvalue weighted by Crippen LogP contribution is -2.36. The standard InChI is InChI=1S/C19H24N4O2S/c24-18(21-8-5-14-3-6-20-7-4-14)15-1-2-17-16(13-15)22-19(26-17)23-9-11-25-12-10-23/h3-4,6-7,15H,1-2,5,8-13H2,(H,21,24). The van der Waals surface area contributed by atoms with Gasteiger partial charge in [-0.05, 0) is 37.0 Å². The number of aromatic nitrogens is 2. The summed E-state index contributed by atoms with van der Waals surface area (Å²) in [7, 11) is 0. The molecule has 2 aromatic rings. The van der Waals surface area contributed by atoms with Crippen LogP contribution in [0.3, 0.4) is 0 Å². The summed E-state index contributed by atoms with van der Waals surface area (Å²) in [5.74, 6) is 0.199. The van der Waals surface area contributed by atoms with Crippen molar-refractivity contribution < 1.29 is 9.53 Å². The van der Waals surface area contributed by atoms with E-state index in [-0.39, 0.29) is 11.8 Å². The van der Waals surface area contributed by atoms with Crippen LogP contribution in [-0.4, -0.2) is 48.7 Å². The number of carbonyl (C=O) groups is 1. The molecule has 6 nitrogen and oxygen atoms in total. The van der Waals surface area contributed by atoms with E-state index in [1.807, 2.05) is 12.1 Å². The number of thiazole rings is 1. The summed E-state index contributed by atoms with van der Waals surface area (Å²) in [5.41, 5.74) is 2.32. The van der Waals surface area contributed by atoms with Gasteiger partial charge in [-0.2, -0.15) is 0 Å². The van der Waals surface area contributed by atoms with E-state index >= 15 is 0 Å². The molecule has 26 heavy (non-hydrogen) atoms. The SMILES string of the molecule is O=C(NCCc1ccncc1)C1CCc2sc(N3CCOCC3)nc2C1. The maximum atomic E-state index is 12.5. The van der Waals surface area contributed by atoms with Crippen LogP contribution in [-0.2, 0) is 28.8 Å². The summed E-state index contributed by atoms with van der Waals surface area (Å²) in [6, 6.07) is 3.98. The number of nitrogens with zero attached hydrogens (tertiary/aromatic N) is 3. The van der Waals surface area contributed by atoms with Crippen LogP contribution in [0.15, 0.2) is 24.5 Å². The Morgan fingerprint density at radius 1 is 1.31 bits per heavy atom. The number of aryl methyl sites for hydroxylation is 1. The van der Waals surface area contributed by atoms with Crippen molar-refractivity contribution >= 4 is 22.4 Å². The number of fused-ring (bicyclic) bond motifs is 1. The molecule has 3 heterocycles. The number of hydrogen-bond donors (Lipinski definition) is 1. The van der Waals surface area contributed by atoms with Crippen molar-refractivity contribution in [2.45, 2.75) is 25.7 Å². The number of rotatable bonds is 5. The van der Waals surface area contributed by atoms with Crippen molar-refractivity contribution in [2.75, 3.05) is 37.7 Å². The molecule has 0 spiro atoms. The lowest BCUT2D eigenvalue weighted by Gasteiger charge is -2.26. The molecule has 1 fully saturated rings. The molecule has 1 atom stereocenters. The number of anilines is 1. The Hall–Kier alpha value is -1.99. The van der Waals surface area contributed by atoms with Crippen molar-refractivity contribution in [3.05, 3.63) is 40.7 Å². The molecule has 0 aromatic carbocycles. The molecule has 2 aliphatic rings. The Morgan fingerprint density at radius 3 is 2.92 bits per heavy atom. The van der Waals surface area contributed by atoms with Gasteiger partial charge >= 0.3 is 0 Å². The van der Waals surface area contributed by atoms with Gasteiger partial charge in [-0.3, -0.25) is 9.78 Å².